The average molecular weight is 278 g/mol. The molecule has 19 heavy (non-hydrogen) atoms. The first-order valence-corrected chi connectivity index (χ1v) is 7.04. The van der Waals surface area contributed by atoms with Gasteiger partial charge >= 0.3 is 0 Å². The van der Waals surface area contributed by atoms with Gasteiger partial charge in [0.15, 0.2) is 5.16 Å². The normalized spacial score (nSPS) is 14.1. The number of methoxy groups -OCH3 is 1. The molecule has 0 amide bonds. The van der Waals surface area contributed by atoms with Crippen LogP contribution in [0.1, 0.15) is 24.2 Å². The number of hydrogen-bond acceptors (Lipinski definition) is 5. The summed E-state index contributed by atoms with van der Waals surface area (Å²) < 4.78 is 5.43. The molecule has 0 radical (unpaired) electrons. The molecule has 2 atom stereocenters. The molecule has 0 aliphatic carbocycles. The molecule has 0 saturated carbocycles. The van der Waals surface area contributed by atoms with E-state index in [0.29, 0.717) is 0 Å². The highest BCUT2D eigenvalue weighted by Crippen LogP contribution is 2.40. The number of ether oxygens (including phenoxy) is 1. The smallest absolute Gasteiger partial charge is 0.184 e. The second-order valence-corrected chi connectivity index (χ2v) is 5.27. The van der Waals surface area contributed by atoms with Crippen LogP contribution >= 0.6 is 11.8 Å². The second-order valence-electron chi connectivity index (χ2n) is 4.14. The fraction of sp³-hybridized carbons (Fsp3) is 0.385. The minimum atomic E-state index is 0.0198. The first-order chi connectivity index (χ1) is 9.26. The number of aromatic amines is 1. The van der Waals surface area contributed by atoms with E-state index in [-0.39, 0.29) is 11.3 Å². The minimum Gasteiger partial charge on any atom is -0.496 e. The number of nitrogens with zero attached hydrogens (tertiary/aromatic N) is 2. The van der Waals surface area contributed by atoms with Gasteiger partial charge in [-0.05, 0) is 12.5 Å². The van der Waals surface area contributed by atoms with Crippen LogP contribution in [0.4, 0.5) is 0 Å². The number of benzene rings is 1. The van der Waals surface area contributed by atoms with Crippen molar-refractivity contribution in [2.75, 3.05) is 7.11 Å². The highest BCUT2D eigenvalue weighted by Gasteiger charge is 2.24. The van der Waals surface area contributed by atoms with Crippen molar-refractivity contribution in [1.82, 2.24) is 15.2 Å². The molecule has 1 aromatic carbocycles. The number of thioether (sulfide) groups is 1. The minimum absolute atomic E-state index is 0.0198. The maximum atomic E-state index is 6.25. The lowest BCUT2D eigenvalue weighted by molar-refractivity contribution is 0.407. The van der Waals surface area contributed by atoms with Crippen LogP contribution in [0, 0.1) is 0 Å². The number of aromatic nitrogens is 3. The van der Waals surface area contributed by atoms with Crippen molar-refractivity contribution in [3.8, 4) is 5.75 Å². The van der Waals surface area contributed by atoms with Gasteiger partial charge in [-0.25, -0.2) is 4.98 Å². The van der Waals surface area contributed by atoms with E-state index in [1.54, 1.807) is 18.9 Å². The van der Waals surface area contributed by atoms with Gasteiger partial charge in [-0.15, -0.1) is 0 Å². The van der Waals surface area contributed by atoms with Crippen molar-refractivity contribution in [1.29, 1.82) is 0 Å². The van der Waals surface area contributed by atoms with Gasteiger partial charge in [0.1, 0.15) is 12.1 Å². The molecule has 2 rings (SSSR count). The third-order valence-corrected chi connectivity index (χ3v) is 4.21. The van der Waals surface area contributed by atoms with Crippen LogP contribution in [0.2, 0.25) is 0 Å². The summed E-state index contributed by atoms with van der Waals surface area (Å²) in [5.74, 6) is 0.850. The van der Waals surface area contributed by atoms with Crippen molar-refractivity contribution in [2.45, 2.75) is 29.8 Å². The third-order valence-electron chi connectivity index (χ3n) is 2.94. The molecular formula is C13H18N4OS. The van der Waals surface area contributed by atoms with Gasteiger partial charge in [0.05, 0.1) is 12.4 Å². The Hall–Kier alpha value is -1.53. The summed E-state index contributed by atoms with van der Waals surface area (Å²) >= 11 is 1.58. The van der Waals surface area contributed by atoms with Gasteiger partial charge in [-0.2, -0.15) is 5.10 Å². The van der Waals surface area contributed by atoms with Crippen molar-refractivity contribution >= 4 is 11.8 Å². The van der Waals surface area contributed by atoms with Crippen molar-refractivity contribution in [3.63, 3.8) is 0 Å². The van der Waals surface area contributed by atoms with Crippen LogP contribution in [-0.4, -0.2) is 28.3 Å². The molecule has 5 nitrogen and oxygen atoms in total. The van der Waals surface area contributed by atoms with E-state index in [4.69, 9.17) is 10.5 Å². The van der Waals surface area contributed by atoms with Crippen molar-refractivity contribution in [2.24, 2.45) is 5.73 Å². The Labute approximate surface area is 117 Å². The van der Waals surface area contributed by atoms with Crippen molar-refractivity contribution < 1.29 is 4.74 Å². The van der Waals surface area contributed by atoms with E-state index in [9.17, 15) is 0 Å². The zero-order valence-electron chi connectivity index (χ0n) is 11.0. The SMILES string of the molecule is CCC(N)C(Sc1ncn[nH]1)c1ccccc1OC. The fourth-order valence-corrected chi connectivity index (χ4v) is 3.01. The summed E-state index contributed by atoms with van der Waals surface area (Å²) in [6.45, 7) is 2.08. The van der Waals surface area contributed by atoms with Crippen LogP contribution < -0.4 is 10.5 Å². The molecule has 102 valence electrons. The summed E-state index contributed by atoms with van der Waals surface area (Å²) in [7, 11) is 1.67. The number of hydrogen-bond donors (Lipinski definition) is 2. The average Bonchev–Trinajstić information content (AvgIpc) is 2.97. The molecule has 6 heteroatoms. The monoisotopic (exact) mass is 278 g/mol. The van der Waals surface area contributed by atoms with Gasteiger partial charge in [0.25, 0.3) is 0 Å². The second kappa shape index (κ2) is 6.58. The largest absolute Gasteiger partial charge is 0.496 e. The van der Waals surface area contributed by atoms with Crippen LogP contribution in [-0.2, 0) is 0 Å². The molecule has 1 aromatic heterocycles. The standard InChI is InChI=1S/C13H18N4OS/c1-3-10(14)12(19-13-15-8-16-17-13)9-6-4-5-7-11(9)18-2/h4-8,10,12H,3,14H2,1-2H3,(H,15,16,17). The van der Waals surface area contributed by atoms with Crippen LogP contribution in [0.3, 0.4) is 0 Å². The van der Waals surface area contributed by atoms with E-state index in [0.717, 1.165) is 22.9 Å². The van der Waals surface area contributed by atoms with E-state index >= 15 is 0 Å². The molecular weight excluding hydrogens is 260 g/mol. The molecule has 0 aliphatic heterocycles. The predicted molar refractivity (Wildman–Crippen MR) is 76.2 cm³/mol. The maximum absolute atomic E-state index is 6.25. The summed E-state index contributed by atoms with van der Waals surface area (Å²) in [5, 5.41) is 7.57. The molecule has 3 N–H and O–H groups in total. The Morgan fingerprint density at radius 1 is 1.42 bits per heavy atom. The summed E-state index contributed by atoms with van der Waals surface area (Å²) in [4.78, 5) is 4.15. The first kappa shape index (κ1) is 13.9. The number of H-pyrrole nitrogens is 1. The molecule has 2 unspecified atom stereocenters. The maximum Gasteiger partial charge on any atom is 0.184 e. The zero-order chi connectivity index (χ0) is 13.7. The van der Waals surface area contributed by atoms with Gasteiger partial charge < -0.3 is 10.5 Å². The summed E-state index contributed by atoms with van der Waals surface area (Å²) in [6.07, 6.45) is 2.38. The first-order valence-electron chi connectivity index (χ1n) is 6.16. The Morgan fingerprint density at radius 3 is 2.84 bits per heavy atom. The lowest BCUT2D eigenvalue weighted by atomic mass is 10.0. The number of para-hydroxylation sites is 1. The van der Waals surface area contributed by atoms with Crippen LogP contribution in [0.25, 0.3) is 0 Å². The quantitative estimate of drug-likeness (QED) is 0.793. The highest BCUT2D eigenvalue weighted by molar-refractivity contribution is 7.99. The number of nitrogens with one attached hydrogen (secondary N) is 1. The summed E-state index contributed by atoms with van der Waals surface area (Å²) in [6, 6.07) is 7.96. The molecule has 0 bridgehead atoms. The van der Waals surface area contributed by atoms with Gasteiger partial charge in [0.2, 0.25) is 0 Å². The van der Waals surface area contributed by atoms with E-state index < -0.39 is 0 Å². The molecule has 0 spiro atoms. The Morgan fingerprint density at radius 2 is 2.21 bits per heavy atom. The van der Waals surface area contributed by atoms with Gasteiger partial charge in [-0.3, -0.25) is 5.10 Å². The molecule has 1 heterocycles. The number of rotatable bonds is 6. The van der Waals surface area contributed by atoms with Crippen LogP contribution in [0.5, 0.6) is 5.75 Å². The summed E-state index contributed by atoms with van der Waals surface area (Å²) in [5.41, 5.74) is 7.33. The van der Waals surface area contributed by atoms with E-state index in [1.165, 1.54) is 6.33 Å². The van der Waals surface area contributed by atoms with Crippen molar-refractivity contribution in [3.05, 3.63) is 36.2 Å². The zero-order valence-corrected chi connectivity index (χ0v) is 11.9. The Balaban J connectivity index is 2.31. The Kier molecular flexibility index (Phi) is 4.81. The lowest BCUT2D eigenvalue weighted by Crippen LogP contribution is -2.26. The molecule has 0 fully saturated rings. The molecule has 0 aliphatic rings. The van der Waals surface area contributed by atoms with Gasteiger partial charge in [-0.1, -0.05) is 36.9 Å². The number of nitrogens with two attached hydrogens (primary N) is 1. The topological polar surface area (TPSA) is 76.8 Å². The molecule has 2 aromatic rings. The van der Waals surface area contributed by atoms with E-state index in [1.807, 2.05) is 24.3 Å². The van der Waals surface area contributed by atoms with Crippen LogP contribution in [0.15, 0.2) is 35.7 Å². The fourth-order valence-electron chi connectivity index (χ4n) is 1.87. The third kappa shape index (κ3) is 3.27. The highest BCUT2D eigenvalue weighted by atomic mass is 32.2. The lowest BCUT2D eigenvalue weighted by Gasteiger charge is -2.23. The predicted octanol–water partition coefficient (Wildman–Crippen LogP) is 2.38. The van der Waals surface area contributed by atoms with E-state index in [2.05, 4.69) is 22.1 Å². The molecule has 0 saturated heterocycles. The Bertz CT molecular complexity index is 503. The van der Waals surface area contributed by atoms with Gasteiger partial charge in [0, 0.05) is 11.6 Å².